The van der Waals surface area contributed by atoms with E-state index in [9.17, 15) is 13.2 Å². The van der Waals surface area contributed by atoms with Crippen molar-refractivity contribution in [2.45, 2.75) is 32.7 Å². The van der Waals surface area contributed by atoms with Crippen molar-refractivity contribution in [2.75, 3.05) is 17.6 Å². The summed E-state index contributed by atoms with van der Waals surface area (Å²) in [5.74, 6) is -0.208. The standard InChI is InChI=1S/C15H19N5O3S2/c1-2-3-8-25(22,23)20-7-4-11-13(10-20)24-15(18-11)19-14(21)12-9-16-5-6-17-12/h5-6,9H,2-4,7-8,10H2,1H3,(H,18,19,21). The van der Waals surface area contributed by atoms with Crippen LogP contribution in [0.3, 0.4) is 0 Å². The lowest BCUT2D eigenvalue weighted by Gasteiger charge is -2.25. The van der Waals surface area contributed by atoms with Crippen molar-refractivity contribution in [3.05, 3.63) is 34.9 Å². The van der Waals surface area contributed by atoms with E-state index in [1.165, 1.54) is 34.2 Å². The Morgan fingerprint density at radius 3 is 2.96 bits per heavy atom. The highest BCUT2D eigenvalue weighted by molar-refractivity contribution is 7.89. The van der Waals surface area contributed by atoms with Gasteiger partial charge in [-0.3, -0.25) is 15.1 Å². The van der Waals surface area contributed by atoms with Crippen molar-refractivity contribution < 1.29 is 13.2 Å². The van der Waals surface area contributed by atoms with Crippen molar-refractivity contribution >= 4 is 32.4 Å². The Kier molecular flexibility index (Phi) is 5.40. The number of sulfonamides is 1. The van der Waals surface area contributed by atoms with E-state index < -0.39 is 10.0 Å². The Balaban J connectivity index is 1.70. The third-order valence-electron chi connectivity index (χ3n) is 3.86. The van der Waals surface area contributed by atoms with Crippen molar-refractivity contribution in [1.82, 2.24) is 19.3 Å². The quantitative estimate of drug-likeness (QED) is 0.816. The summed E-state index contributed by atoms with van der Waals surface area (Å²) < 4.78 is 26.2. The SMILES string of the molecule is CCCCS(=O)(=O)N1CCc2nc(NC(=O)c3cnccn3)sc2C1. The van der Waals surface area contributed by atoms with Gasteiger partial charge < -0.3 is 0 Å². The number of carbonyl (C=O) groups excluding carboxylic acids is 1. The van der Waals surface area contributed by atoms with E-state index in [0.29, 0.717) is 31.1 Å². The fraction of sp³-hybridized carbons (Fsp3) is 0.467. The fourth-order valence-corrected chi connectivity index (χ4v) is 5.20. The van der Waals surface area contributed by atoms with Crippen LogP contribution in [0.4, 0.5) is 5.13 Å². The van der Waals surface area contributed by atoms with Gasteiger partial charge in [-0.05, 0) is 6.42 Å². The second-order valence-corrected chi connectivity index (χ2v) is 8.86. The van der Waals surface area contributed by atoms with Crippen LogP contribution in [-0.4, -0.2) is 45.9 Å². The number of aromatic nitrogens is 3. The second-order valence-electron chi connectivity index (χ2n) is 5.69. The van der Waals surface area contributed by atoms with Crippen molar-refractivity contribution in [3.63, 3.8) is 0 Å². The maximum absolute atomic E-state index is 12.3. The Bertz CT molecular complexity index is 851. The molecule has 2 aromatic rings. The molecule has 3 rings (SSSR count). The minimum absolute atomic E-state index is 0.175. The average molecular weight is 381 g/mol. The molecule has 10 heteroatoms. The van der Waals surface area contributed by atoms with Crippen molar-refractivity contribution in [2.24, 2.45) is 0 Å². The fourth-order valence-electron chi connectivity index (χ4n) is 2.50. The smallest absolute Gasteiger partial charge is 0.277 e. The first-order valence-corrected chi connectivity index (χ1v) is 10.5. The molecule has 0 aliphatic carbocycles. The predicted octanol–water partition coefficient (Wildman–Crippen LogP) is 1.67. The number of unbranched alkanes of at least 4 members (excludes halogenated alkanes) is 1. The number of amides is 1. The Morgan fingerprint density at radius 2 is 2.24 bits per heavy atom. The molecular formula is C15H19N5O3S2. The number of nitrogens with zero attached hydrogens (tertiary/aromatic N) is 4. The van der Waals surface area contributed by atoms with Crippen LogP contribution in [0.5, 0.6) is 0 Å². The molecule has 0 fully saturated rings. The van der Waals surface area contributed by atoms with Gasteiger partial charge in [0.15, 0.2) is 5.13 Å². The lowest BCUT2D eigenvalue weighted by atomic mass is 10.2. The molecular weight excluding hydrogens is 362 g/mol. The maximum Gasteiger partial charge on any atom is 0.277 e. The average Bonchev–Trinajstić information content (AvgIpc) is 3.02. The van der Waals surface area contributed by atoms with E-state index in [0.717, 1.165) is 17.0 Å². The molecule has 0 radical (unpaired) electrons. The molecule has 0 spiro atoms. The molecule has 0 atom stereocenters. The molecule has 0 aromatic carbocycles. The van der Waals surface area contributed by atoms with Gasteiger partial charge in [0.25, 0.3) is 5.91 Å². The molecule has 1 amide bonds. The topological polar surface area (TPSA) is 105 Å². The molecule has 1 aliphatic rings. The van der Waals surface area contributed by atoms with Gasteiger partial charge in [-0.25, -0.2) is 18.4 Å². The number of hydrogen-bond acceptors (Lipinski definition) is 7. The second kappa shape index (κ2) is 7.54. The van der Waals surface area contributed by atoms with Gasteiger partial charge in [0.1, 0.15) is 5.69 Å². The highest BCUT2D eigenvalue weighted by Crippen LogP contribution is 2.29. The number of fused-ring (bicyclic) bond motifs is 1. The Hall–Kier alpha value is -1.91. The number of nitrogens with one attached hydrogen (secondary N) is 1. The summed E-state index contributed by atoms with van der Waals surface area (Å²) in [6.45, 7) is 2.72. The minimum Gasteiger partial charge on any atom is -0.296 e. The monoisotopic (exact) mass is 381 g/mol. The number of rotatable bonds is 6. The summed E-state index contributed by atoms with van der Waals surface area (Å²) in [4.78, 5) is 25.2. The van der Waals surface area contributed by atoms with Crippen molar-refractivity contribution in [3.8, 4) is 0 Å². The summed E-state index contributed by atoms with van der Waals surface area (Å²) in [6.07, 6.45) is 6.38. The lowest BCUT2D eigenvalue weighted by molar-refractivity contribution is 0.102. The van der Waals surface area contributed by atoms with E-state index in [2.05, 4.69) is 20.3 Å². The highest BCUT2D eigenvalue weighted by atomic mass is 32.2. The summed E-state index contributed by atoms with van der Waals surface area (Å²) in [5, 5.41) is 3.15. The van der Waals surface area contributed by atoms with Crippen LogP contribution in [0, 0.1) is 0 Å². The number of thiazole rings is 1. The van der Waals surface area contributed by atoms with Gasteiger partial charge in [0.05, 0.1) is 17.6 Å². The largest absolute Gasteiger partial charge is 0.296 e. The van der Waals surface area contributed by atoms with E-state index in [1.54, 1.807) is 0 Å². The summed E-state index contributed by atoms with van der Waals surface area (Å²) >= 11 is 1.30. The third kappa shape index (κ3) is 4.20. The molecule has 8 nitrogen and oxygen atoms in total. The number of carbonyl (C=O) groups is 1. The summed E-state index contributed by atoms with van der Waals surface area (Å²) in [7, 11) is -3.24. The van der Waals surface area contributed by atoms with Crippen LogP contribution in [0.2, 0.25) is 0 Å². The van der Waals surface area contributed by atoms with Gasteiger partial charge in [-0.1, -0.05) is 13.3 Å². The highest BCUT2D eigenvalue weighted by Gasteiger charge is 2.28. The third-order valence-corrected chi connectivity index (χ3v) is 6.76. The molecule has 1 aliphatic heterocycles. The molecule has 0 unspecified atom stereocenters. The molecule has 3 heterocycles. The van der Waals surface area contributed by atoms with Crippen molar-refractivity contribution in [1.29, 1.82) is 0 Å². The Morgan fingerprint density at radius 1 is 1.40 bits per heavy atom. The Labute approximate surface area is 150 Å². The zero-order chi connectivity index (χ0) is 17.9. The molecule has 134 valence electrons. The summed E-state index contributed by atoms with van der Waals surface area (Å²) in [5.41, 5.74) is 1.06. The van der Waals surface area contributed by atoms with Crippen LogP contribution in [0.25, 0.3) is 0 Å². The van der Waals surface area contributed by atoms with E-state index >= 15 is 0 Å². The van der Waals surface area contributed by atoms with Crippen LogP contribution in [0.15, 0.2) is 18.6 Å². The van der Waals surface area contributed by atoms with Gasteiger partial charge in [0.2, 0.25) is 10.0 Å². The van der Waals surface area contributed by atoms with Gasteiger partial charge >= 0.3 is 0 Å². The number of hydrogen-bond donors (Lipinski definition) is 1. The normalized spacial score (nSPS) is 14.9. The molecule has 25 heavy (non-hydrogen) atoms. The summed E-state index contributed by atoms with van der Waals surface area (Å²) in [6, 6.07) is 0. The zero-order valence-corrected chi connectivity index (χ0v) is 15.4. The predicted molar refractivity (Wildman–Crippen MR) is 94.9 cm³/mol. The van der Waals surface area contributed by atoms with E-state index in [1.807, 2.05) is 6.92 Å². The molecule has 0 saturated heterocycles. The molecule has 2 aromatic heterocycles. The first-order chi connectivity index (χ1) is 12.0. The zero-order valence-electron chi connectivity index (χ0n) is 13.8. The van der Waals surface area contributed by atoms with E-state index in [4.69, 9.17) is 0 Å². The van der Waals surface area contributed by atoms with E-state index in [-0.39, 0.29) is 17.4 Å². The van der Waals surface area contributed by atoms with Crippen LogP contribution < -0.4 is 5.32 Å². The maximum atomic E-state index is 12.3. The molecule has 0 saturated carbocycles. The lowest BCUT2D eigenvalue weighted by Crippen LogP contribution is -2.37. The molecule has 0 bridgehead atoms. The first-order valence-electron chi connectivity index (χ1n) is 8.03. The number of anilines is 1. The minimum atomic E-state index is -3.24. The van der Waals surface area contributed by atoms with Gasteiger partial charge in [-0.15, -0.1) is 11.3 Å². The van der Waals surface area contributed by atoms with Crippen LogP contribution >= 0.6 is 11.3 Å². The molecule has 1 N–H and O–H groups in total. The van der Waals surface area contributed by atoms with Crippen LogP contribution in [0.1, 0.15) is 40.8 Å². The van der Waals surface area contributed by atoms with Gasteiger partial charge in [-0.2, -0.15) is 4.31 Å². The van der Waals surface area contributed by atoms with Gasteiger partial charge in [0, 0.05) is 36.8 Å². The first kappa shape index (κ1) is 17.9. The van der Waals surface area contributed by atoms with Crippen LogP contribution in [-0.2, 0) is 23.0 Å².